The number of imidazole rings is 1. The second-order valence-electron chi connectivity index (χ2n) is 12.2. The molecule has 0 saturated heterocycles. The second kappa shape index (κ2) is 9.89. The lowest BCUT2D eigenvalue weighted by molar-refractivity contribution is 0.0765. The van der Waals surface area contributed by atoms with Gasteiger partial charge in [0.15, 0.2) is 5.78 Å². The van der Waals surface area contributed by atoms with E-state index in [2.05, 4.69) is 59.6 Å². The van der Waals surface area contributed by atoms with Crippen molar-refractivity contribution >= 4 is 19.5 Å². The Labute approximate surface area is 224 Å². The van der Waals surface area contributed by atoms with E-state index in [-0.39, 0.29) is 11.7 Å². The molecule has 0 unspecified atom stereocenters. The highest BCUT2D eigenvalue weighted by Gasteiger charge is 2.31. The van der Waals surface area contributed by atoms with E-state index in [1.807, 2.05) is 10.9 Å². The van der Waals surface area contributed by atoms with Crippen LogP contribution >= 0.6 is 0 Å². The number of aromatic nitrogens is 7. The van der Waals surface area contributed by atoms with E-state index < -0.39 is 8.07 Å². The van der Waals surface area contributed by atoms with Crippen LogP contribution < -0.4 is 0 Å². The number of hydrogen-bond donors (Lipinski definition) is 0. The number of hydrogen-bond acceptors (Lipinski definition) is 6. The molecule has 0 aromatic carbocycles. The second-order valence-corrected chi connectivity index (χ2v) is 17.8. The molecule has 0 radical (unpaired) electrons. The highest BCUT2D eigenvalue weighted by atomic mass is 28.3. The number of carbonyl (C=O) groups is 1. The van der Waals surface area contributed by atoms with Crippen LogP contribution in [-0.2, 0) is 24.4 Å². The molecular formula is C28H37N7O2Si. The molecule has 2 aliphatic carbocycles. The maximum Gasteiger partial charge on any atom is 0.185 e. The van der Waals surface area contributed by atoms with Gasteiger partial charge in [-0.05, 0) is 61.8 Å². The molecule has 38 heavy (non-hydrogen) atoms. The van der Waals surface area contributed by atoms with E-state index in [4.69, 9.17) is 14.8 Å². The summed E-state index contributed by atoms with van der Waals surface area (Å²) in [6.45, 7) is 10.9. The van der Waals surface area contributed by atoms with Gasteiger partial charge in [0.25, 0.3) is 0 Å². The van der Waals surface area contributed by atoms with Crippen LogP contribution in [0.2, 0.25) is 25.7 Å². The first-order valence-electron chi connectivity index (χ1n) is 13.8. The van der Waals surface area contributed by atoms with Crippen molar-refractivity contribution in [2.45, 2.75) is 89.8 Å². The van der Waals surface area contributed by atoms with E-state index in [1.165, 1.54) is 24.0 Å². The van der Waals surface area contributed by atoms with Crippen LogP contribution in [-0.4, -0.2) is 54.6 Å². The maximum atomic E-state index is 13.1. The van der Waals surface area contributed by atoms with Gasteiger partial charge in [-0.3, -0.25) is 4.79 Å². The third-order valence-corrected chi connectivity index (χ3v) is 9.56. The van der Waals surface area contributed by atoms with Gasteiger partial charge in [0, 0.05) is 45.1 Å². The summed E-state index contributed by atoms with van der Waals surface area (Å²) in [4.78, 5) is 17.8. The minimum Gasteiger partial charge on any atom is -0.360 e. The number of rotatable bonds is 11. The average molecular weight is 532 g/mol. The first kappa shape index (κ1) is 25.2. The normalized spacial score (nSPS) is 17.4. The number of pyridine rings is 1. The van der Waals surface area contributed by atoms with Crippen LogP contribution in [0.5, 0.6) is 0 Å². The standard InChI is InChI=1S/C28H37N7O2Si/c1-19-24-9-7-21(28(24)31-35(19)18-37-11-12-38(2,3)4)13-26(36)25-17-34(32-30-25)16-23-15-33-14-22(20-5-6-20)8-10-27(33)29-23/h8,10,14-15,17,20-21H,5-7,9,11-13,16,18H2,1-4H3/t21-/m0/s1. The number of nitrogens with zero attached hydrogens (tertiary/aromatic N) is 7. The van der Waals surface area contributed by atoms with Gasteiger partial charge in [0.1, 0.15) is 18.1 Å². The summed E-state index contributed by atoms with van der Waals surface area (Å²) < 4.78 is 11.7. The predicted molar refractivity (Wildman–Crippen MR) is 147 cm³/mol. The van der Waals surface area contributed by atoms with Gasteiger partial charge in [0.2, 0.25) is 0 Å². The fourth-order valence-electron chi connectivity index (χ4n) is 5.35. The Balaban J connectivity index is 1.07. The summed E-state index contributed by atoms with van der Waals surface area (Å²) >= 11 is 0. The van der Waals surface area contributed by atoms with Gasteiger partial charge in [-0.2, -0.15) is 5.10 Å². The Morgan fingerprint density at radius 2 is 1.97 bits per heavy atom. The van der Waals surface area contributed by atoms with Crippen molar-refractivity contribution in [1.82, 2.24) is 34.2 Å². The quantitative estimate of drug-likeness (QED) is 0.154. The number of ether oxygens (including phenoxy) is 1. The molecule has 200 valence electrons. The fraction of sp³-hybridized carbons (Fsp3) is 0.536. The molecule has 0 spiro atoms. The van der Waals surface area contributed by atoms with Crippen LogP contribution in [0.15, 0.2) is 30.7 Å². The van der Waals surface area contributed by atoms with Crippen molar-refractivity contribution in [1.29, 1.82) is 0 Å². The zero-order valence-electron chi connectivity index (χ0n) is 22.9. The molecule has 0 N–H and O–H groups in total. The Kier molecular flexibility index (Phi) is 6.55. The summed E-state index contributed by atoms with van der Waals surface area (Å²) in [5.74, 6) is 0.830. The van der Waals surface area contributed by atoms with Crippen molar-refractivity contribution in [3.63, 3.8) is 0 Å². The largest absolute Gasteiger partial charge is 0.360 e. The molecule has 9 nitrogen and oxygen atoms in total. The SMILES string of the molecule is Cc1c2c(nn1COCC[Si](C)(C)C)[C@H](CC(=O)c1cn(Cc3cn4cc(C5CC5)ccc4n3)nn1)CC2. The Morgan fingerprint density at radius 3 is 2.76 bits per heavy atom. The van der Waals surface area contributed by atoms with E-state index in [9.17, 15) is 4.79 Å². The minimum atomic E-state index is -1.11. The lowest BCUT2D eigenvalue weighted by Gasteiger charge is -2.15. The average Bonchev–Trinajstić information content (AvgIpc) is 3.17. The van der Waals surface area contributed by atoms with E-state index >= 15 is 0 Å². The highest BCUT2D eigenvalue weighted by Crippen LogP contribution is 2.40. The third-order valence-electron chi connectivity index (χ3n) is 7.85. The van der Waals surface area contributed by atoms with Crippen LogP contribution in [0, 0.1) is 6.92 Å². The molecule has 4 aromatic rings. The van der Waals surface area contributed by atoms with Crippen molar-refractivity contribution < 1.29 is 9.53 Å². The number of ketones is 1. The van der Waals surface area contributed by atoms with Crippen LogP contribution in [0.3, 0.4) is 0 Å². The molecule has 1 saturated carbocycles. The fourth-order valence-corrected chi connectivity index (χ4v) is 6.10. The molecule has 2 aliphatic rings. The van der Waals surface area contributed by atoms with Crippen molar-refractivity contribution in [3.8, 4) is 0 Å². The molecule has 1 atom stereocenters. The molecule has 0 aliphatic heterocycles. The summed E-state index contributed by atoms with van der Waals surface area (Å²) in [5.41, 5.74) is 7.09. The number of carbonyl (C=O) groups excluding carboxylic acids is 1. The zero-order chi connectivity index (χ0) is 26.4. The van der Waals surface area contributed by atoms with E-state index in [1.54, 1.807) is 10.9 Å². The highest BCUT2D eigenvalue weighted by molar-refractivity contribution is 6.76. The molecule has 1 fully saturated rings. The minimum absolute atomic E-state index is 0.0109. The van der Waals surface area contributed by atoms with E-state index in [0.717, 1.165) is 48.2 Å². The smallest absolute Gasteiger partial charge is 0.185 e. The van der Waals surface area contributed by atoms with Gasteiger partial charge in [-0.15, -0.1) is 5.10 Å². The van der Waals surface area contributed by atoms with Crippen LogP contribution in [0.1, 0.15) is 76.2 Å². The monoisotopic (exact) mass is 531 g/mol. The lowest BCUT2D eigenvalue weighted by Crippen LogP contribution is -2.22. The molecule has 6 rings (SSSR count). The molecule has 10 heteroatoms. The van der Waals surface area contributed by atoms with Gasteiger partial charge in [-0.1, -0.05) is 30.9 Å². The Morgan fingerprint density at radius 1 is 1.13 bits per heavy atom. The number of fused-ring (bicyclic) bond motifs is 2. The molecule has 4 heterocycles. The summed E-state index contributed by atoms with van der Waals surface area (Å²) in [5, 5.41) is 13.3. The summed E-state index contributed by atoms with van der Waals surface area (Å²) in [7, 11) is -1.11. The molecule has 0 bridgehead atoms. The van der Waals surface area contributed by atoms with Gasteiger partial charge in [-0.25, -0.2) is 14.3 Å². The Hall–Kier alpha value is -3.11. The van der Waals surface area contributed by atoms with Crippen molar-refractivity contribution in [2.75, 3.05) is 6.61 Å². The molecule has 4 aromatic heterocycles. The van der Waals surface area contributed by atoms with Crippen LogP contribution in [0.4, 0.5) is 0 Å². The van der Waals surface area contributed by atoms with Crippen molar-refractivity contribution in [3.05, 3.63) is 64.6 Å². The lowest BCUT2D eigenvalue weighted by atomic mass is 9.99. The maximum absolute atomic E-state index is 13.1. The summed E-state index contributed by atoms with van der Waals surface area (Å²) in [6, 6.07) is 5.39. The Bertz CT molecular complexity index is 1470. The van der Waals surface area contributed by atoms with E-state index in [0.29, 0.717) is 31.3 Å². The van der Waals surface area contributed by atoms with Gasteiger partial charge in [0.05, 0.1) is 24.1 Å². The topological polar surface area (TPSA) is 92.1 Å². The van der Waals surface area contributed by atoms with Crippen molar-refractivity contribution in [2.24, 2.45) is 0 Å². The number of Topliss-reactive ketones (excluding diaryl/α,β-unsaturated/α-hetero) is 1. The van der Waals surface area contributed by atoms with Gasteiger partial charge < -0.3 is 9.14 Å². The van der Waals surface area contributed by atoms with Gasteiger partial charge >= 0.3 is 0 Å². The van der Waals surface area contributed by atoms with Crippen LogP contribution in [0.25, 0.3) is 5.65 Å². The third kappa shape index (κ3) is 5.37. The predicted octanol–water partition coefficient (Wildman–Crippen LogP) is 4.97. The zero-order valence-corrected chi connectivity index (χ0v) is 23.9. The first-order valence-corrected chi connectivity index (χ1v) is 17.5. The first-order chi connectivity index (χ1) is 18.2. The molecular weight excluding hydrogens is 494 g/mol. The molecule has 0 amide bonds. The summed E-state index contributed by atoms with van der Waals surface area (Å²) in [6.07, 6.45) is 10.8.